The standard InChI is InChI=1S/C12H17BrN2O2S/c1-9-8-15(10(2)7-14-9)18(16,17)12-5-3-11(13)4-6-12/h3-6,9-10,14H,7-8H2,1-2H3. The van der Waals surface area contributed by atoms with Gasteiger partial charge in [0.15, 0.2) is 0 Å². The lowest BCUT2D eigenvalue weighted by Crippen LogP contribution is -2.56. The molecule has 1 N–H and O–H groups in total. The molecule has 6 heteroatoms. The first-order valence-electron chi connectivity index (χ1n) is 5.92. The molecule has 1 aliphatic rings. The zero-order chi connectivity index (χ0) is 13.3. The van der Waals surface area contributed by atoms with E-state index in [0.717, 1.165) is 4.47 Å². The van der Waals surface area contributed by atoms with E-state index in [9.17, 15) is 8.42 Å². The molecule has 0 aromatic heterocycles. The molecule has 1 saturated heterocycles. The van der Waals surface area contributed by atoms with E-state index >= 15 is 0 Å². The quantitative estimate of drug-likeness (QED) is 0.898. The Bertz CT molecular complexity index is 515. The number of hydrogen-bond donors (Lipinski definition) is 1. The van der Waals surface area contributed by atoms with Crippen LogP contribution in [0.25, 0.3) is 0 Å². The maximum absolute atomic E-state index is 12.5. The normalized spacial score (nSPS) is 26.2. The van der Waals surface area contributed by atoms with Gasteiger partial charge >= 0.3 is 0 Å². The molecule has 0 bridgehead atoms. The van der Waals surface area contributed by atoms with Crippen molar-refractivity contribution < 1.29 is 8.42 Å². The highest BCUT2D eigenvalue weighted by molar-refractivity contribution is 9.10. The van der Waals surface area contributed by atoms with Gasteiger partial charge in [-0.05, 0) is 38.1 Å². The van der Waals surface area contributed by atoms with Crippen LogP contribution in [0.1, 0.15) is 13.8 Å². The van der Waals surface area contributed by atoms with Gasteiger partial charge in [-0.1, -0.05) is 15.9 Å². The van der Waals surface area contributed by atoms with Crippen molar-refractivity contribution in [1.29, 1.82) is 0 Å². The van der Waals surface area contributed by atoms with Crippen LogP contribution in [0.5, 0.6) is 0 Å². The summed E-state index contributed by atoms with van der Waals surface area (Å²) >= 11 is 3.31. The molecule has 1 aromatic carbocycles. The Balaban J connectivity index is 2.32. The number of benzene rings is 1. The van der Waals surface area contributed by atoms with E-state index in [1.165, 1.54) is 0 Å². The van der Waals surface area contributed by atoms with Gasteiger partial charge in [-0.15, -0.1) is 0 Å². The number of piperazine rings is 1. The van der Waals surface area contributed by atoms with Crippen molar-refractivity contribution in [3.8, 4) is 0 Å². The zero-order valence-corrected chi connectivity index (χ0v) is 12.8. The smallest absolute Gasteiger partial charge is 0.243 e. The third kappa shape index (κ3) is 2.77. The van der Waals surface area contributed by atoms with E-state index < -0.39 is 10.0 Å². The Hall–Kier alpha value is -0.430. The summed E-state index contributed by atoms with van der Waals surface area (Å²) < 4.78 is 27.5. The molecule has 18 heavy (non-hydrogen) atoms. The molecule has 1 fully saturated rings. The lowest BCUT2D eigenvalue weighted by atomic mass is 10.2. The van der Waals surface area contributed by atoms with Crippen LogP contribution in [-0.4, -0.2) is 37.9 Å². The number of hydrogen-bond acceptors (Lipinski definition) is 3. The third-order valence-electron chi connectivity index (χ3n) is 3.13. The lowest BCUT2D eigenvalue weighted by Gasteiger charge is -2.36. The van der Waals surface area contributed by atoms with Crippen LogP contribution < -0.4 is 5.32 Å². The molecular weight excluding hydrogens is 316 g/mol. The number of nitrogens with one attached hydrogen (secondary N) is 1. The predicted octanol–water partition coefficient (Wildman–Crippen LogP) is 1.82. The van der Waals surface area contributed by atoms with Crippen molar-refractivity contribution in [2.45, 2.75) is 30.8 Å². The topological polar surface area (TPSA) is 49.4 Å². The highest BCUT2D eigenvalue weighted by Gasteiger charge is 2.33. The number of halogens is 1. The van der Waals surface area contributed by atoms with Gasteiger partial charge in [0.1, 0.15) is 0 Å². The minimum atomic E-state index is -3.39. The summed E-state index contributed by atoms with van der Waals surface area (Å²) in [6, 6.07) is 6.95. The van der Waals surface area contributed by atoms with E-state index in [2.05, 4.69) is 21.2 Å². The van der Waals surface area contributed by atoms with Crippen LogP contribution >= 0.6 is 15.9 Å². The van der Waals surface area contributed by atoms with Crippen molar-refractivity contribution in [3.05, 3.63) is 28.7 Å². The summed E-state index contributed by atoms with van der Waals surface area (Å²) in [5.74, 6) is 0. The Labute approximate surface area is 117 Å². The first kappa shape index (κ1) is 14.0. The van der Waals surface area contributed by atoms with Crippen molar-refractivity contribution >= 4 is 26.0 Å². The molecule has 1 heterocycles. The fraction of sp³-hybridized carbons (Fsp3) is 0.500. The average molecular weight is 333 g/mol. The van der Waals surface area contributed by atoms with E-state index in [-0.39, 0.29) is 12.1 Å². The van der Waals surface area contributed by atoms with Gasteiger partial charge < -0.3 is 5.32 Å². The average Bonchev–Trinajstić information content (AvgIpc) is 2.32. The summed E-state index contributed by atoms with van der Waals surface area (Å²) in [6.45, 7) is 5.13. The molecule has 0 radical (unpaired) electrons. The second-order valence-electron chi connectivity index (χ2n) is 4.69. The van der Waals surface area contributed by atoms with Crippen LogP contribution in [0.2, 0.25) is 0 Å². The van der Waals surface area contributed by atoms with E-state index in [0.29, 0.717) is 18.0 Å². The van der Waals surface area contributed by atoms with Crippen molar-refractivity contribution in [2.75, 3.05) is 13.1 Å². The molecule has 0 saturated carbocycles. The fourth-order valence-electron chi connectivity index (χ4n) is 2.06. The monoisotopic (exact) mass is 332 g/mol. The number of nitrogens with zero attached hydrogens (tertiary/aromatic N) is 1. The SMILES string of the molecule is CC1CN(S(=O)(=O)c2ccc(Br)cc2)C(C)CN1. The fourth-order valence-corrected chi connectivity index (χ4v) is 4.05. The van der Waals surface area contributed by atoms with Crippen molar-refractivity contribution in [3.63, 3.8) is 0 Å². The van der Waals surface area contributed by atoms with Crippen LogP contribution in [0, 0.1) is 0 Å². The third-order valence-corrected chi connectivity index (χ3v) is 5.65. The number of sulfonamides is 1. The van der Waals surface area contributed by atoms with Gasteiger partial charge in [-0.2, -0.15) is 4.31 Å². The van der Waals surface area contributed by atoms with E-state index in [1.54, 1.807) is 28.6 Å². The molecule has 100 valence electrons. The zero-order valence-electron chi connectivity index (χ0n) is 10.4. The Morgan fingerprint density at radius 1 is 1.28 bits per heavy atom. The molecule has 0 spiro atoms. The van der Waals surface area contributed by atoms with Crippen LogP contribution in [0.4, 0.5) is 0 Å². The van der Waals surface area contributed by atoms with Crippen molar-refractivity contribution in [2.24, 2.45) is 0 Å². The summed E-state index contributed by atoms with van der Waals surface area (Å²) in [5, 5.41) is 3.28. The molecule has 2 rings (SSSR count). The molecule has 0 amide bonds. The van der Waals surface area contributed by atoms with Gasteiger partial charge in [-0.3, -0.25) is 0 Å². The first-order chi connectivity index (χ1) is 8.41. The second-order valence-corrected chi connectivity index (χ2v) is 7.49. The van der Waals surface area contributed by atoms with Gasteiger partial charge in [-0.25, -0.2) is 8.42 Å². The Morgan fingerprint density at radius 3 is 2.50 bits per heavy atom. The van der Waals surface area contributed by atoms with Crippen molar-refractivity contribution in [1.82, 2.24) is 9.62 Å². The lowest BCUT2D eigenvalue weighted by molar-refractivity contribution is 0.244. The second kappa shape index (κ2) is 5.28. The minimum Gasteiger partial charge on any atom is -0.311 e. The summed E-state index contributed by atoms with van der Waals surface area (Å²) in [5.41, 5.74) is 0. The van der Waals surface area contributed by atoms with Crippen LogP contribution in [0.15, 0.2) is 33.6 Å². The van der Waals surface area contributed by atoms with Gasteiger partial charge in [0.25, 0.3) is 0 Å². The summed E-state index contributed by atoms with van der Waals surface area (Å²) in [4.78, 5) is 0.353. The maximum Gasteiger partial charge on any atom is 0.243 e. The minimum absolute atomic E-state index is 0.0187. The van der Waals surface area contributed by atoms with Crippen LogP contribution in [0.3, 0.4) is 0 Å². The molecule has 1 aromatic rings. The van der Waals surface area contributed by atoms with Gasteiger partial charge in [0.2, 0.25) is 10.0 Å². The highest BCUT2D eigenvalue weighted by Crippen LogP contribution is 2.22. The van der Waals surface area contributed by atoms with Crippen LogP contribution in [-0.2, 0) is 10.0 Å². The number of rotatable bonds is 2. The largest absolute Gasteiger partial charge is 0.311 e. The van der Waals surface area contributed by atoms with Gasteiger partial charge in [0, 0.05) is 29.6 Å². The maximum atomic E-state index is 12.5. The summed E-state index contributed by atoms with van der Waals surface area (Å²) in [6.07, 6.45) is 0. The molecule has 2 atom stereocenters. The predicted molar refractivity (Wildman–Crippen MR) is 75.0 cm³/mol. The molecule has 0 aliphatic carbocycles. The van der Waals surface area contributed by atoms with E-state index in [4.69, 9.17) is 0 Å². The summed E-state index contributed by atoms with van der Waals surface area (Å²) in [7, 11) is -3.39. The highest BCUT2D eigenvalue weighted by atomic mass is 79.9. The first-order valence-corrected chi connectivity index (χ1v) is 8.15. The Morgan fingerprint density at radius 2 is 1.89 bits per heavy atom. The van der Waals surface area contributed by atoms with E-state index in [1.807, 2.05) is 13.8 Å². The molecule has 1 aliphatic heterocycles. The molecule has 2 unspecified atom stereocenters. The van der Waals surface area contributed by atoms with Gasteiger partial charge in [0.05, 0.1) is 4.90 Å². The Kier molecular flexibility index (Phi) is 4.11. The molecular formula is C12H17BrN2O2S. The molecule has 4 nitrogen and oxygen atoms in total.